The fourth-order valence-electron chi connectivity index (χ4n) is 2.49. The standard InChI is InChI=1S/C12H17F2NO4/c1-10(2,3)19-9(18)15-6-11(5-12(11,13)14)4-7(15)8(16)17/h7H,4-6H2,1-3H3,(H,16,17)/t7-,11+/m1/s1. The number of rotatable bonds is 1. The fraction of sp³-hybridized carbons (Fsp3) is 0.833. The first-order valence-electron chi connectivity index (χ1n) is 6.08. The molecule has 1 saturated carbocycles. The number of likely N-dealkylation sites (tertiary alicyclic amines) is 1. The number of hydrogen-bond donors (Lipinski definition) is 1. The van der Waals surface area contributed by atoms with Crippen LogP contribution in [0.15, 0.2) is 0 Å². The van der Waals surface area contributed by atoms with E-state index in [1.54, 1.807) is 20.8 Å². The van der Waals surface area contributed by atoms with E-state index in [1.165, 1.54) is 0 Å². The van der Waals surface area contributed by atoms with Crippen LogP contribution in [-0.2, 0) is 9.53 Å². The predicted octanol–water partition coefficient (Wildman–Crippen LogP) is 2.11. The molecule has 7 heteroatoms. The summed E-state index contributed by atoms with van der Waals surface area (Å²) >= 11 is 0. The number of carboxylic acid groups (broad SMARTS) is 1. The highest BCUT2D eigenvalue weighted by molar-refractivity contribution is 5.81. The van der Waals surface area contributed by atoms with E-state index < -0.39 is 35.0 Å². The van der Waals surface area contributed by atoms with Crippen LogP contribution in [0.1, 0.15) is 33.6 Å². The molecule has 0 unspecified atom stereocenters. The van der Waals surface area contributed by atoms with E-state index in [0.717, 1.165) is 4.90 Å². The lowest BCUT2D eigenvalue weighted by Gasteiger charge is -2.26. The van der Waals surface area contributed by atoms with Crippen LogP contribution >= 0.6 is 0 Å². The molecule has 2 fully saturated rings. The number of halogens is 2. The maximum atomic E-state index is 13.3. The summed E-state index contributed by atoms with van der Waals surface area (Å²) in [6.45, 7) is 4.65. The molecule has 108 valence electrons. The van der Waals surface area contributed by atoms with Gasteiger partial charge in [-0.05, 0) is 27.2 Å². The van der Waals surface area contributed by atoms with Crippen molar-refractivity contribution in [3.8, 4) is 0 Å². The van der Waals surface area contributed by atoms with E-state index in [9.17, 15) is 18.4 Å². The van der Waals surface area contributed by atoms with Gasteiger partial charge in [-0.15, -0.1) is 0 Å². The predicted molar refractivity (Wildman–Crippen MR) is 61.0 cm³/mol. The van der Waals surface area contributed by atoms with E-state index in [2.05, 4.69) is 0 Å². The number of ether oxygens (including phenoxy) is 1. The zero-order valence-corrected chi connectivity index (χ0v) is 11.1. The van der Waals surface area contributed by atoms with Crippen LogP contribution in [0.25, 0.3) is 0 Å². The SMILES string of the molecule is CC(C)(C)OC(=O)N1C[C@]2(C[C@@H]1C(=O)O)CC2(F)F. The highest BCUT2D eigenvalue weighted by Crippen LogP contribution is 2.66. The zero-order valence-electron chi connectivity index (χ0n) is 11.1. The molecule has 0 bridgehead atoms. The van der Waals surface area contributed by atoms with Gasteiger partial charge in [0.15, 0.2) is 0 Å². The lowest BCUT2D eigenvalue weighted by Crippen LogP contribution is -2.43. The van der Waals surface area contributed by atoms with Crippen LogP contribution < -0.4 is 0 Å². The van der Waals surface area contributed by atoms with Crippen LogP contribution in [-0.4, -0.2) is 46.2 Å². The highest BCUT2D eigenvalue weighted by atomic mass is 19.3. The van der Waals surface area contributed by atoms with Gasteiger partial charge >= 0.3 is 12.1 Å². The largest absolute Gasteiger partial charge is 0.480 e. The minimum Gasteiger partial charge on any atom is -0.480 e. The van der Waals surface area contributed by atoms with Gasteiger partial charge in [-0.3, -0.25) is 4.90 Å². The van der Waals surface area contributed by atoms with E-state index >= 15 is 0 Å². The Bertz CT molecular complexity index is 432. The normalized spacial score (nSPS) is 32.5. The lowest BCUT2D eigenvalue weighted by atomic mass is 10.0. The van der Waals surface area contributed by atoms with Gasteiger partial charge in [0.05, 0.1) is 5.41 Å². The molecule has 0 aromatic heterocycles. The molecule has 2 rings (SSSR count). The number of aliphatic carboxylic acids is 1. The van der Waals surface area contributed by atoms with E-state index in [1.807, 2.05) is 0 Å². The van der Waals surface area contributed by atoms with E-state index in [4.69, 9.17) is 9.84 Å². The van der Waals surface area contributed by atoms with Gasteiger partial charge in [0, 0.05) is 13.0 Å². The molecule has 0 radical (unpaired) electrons. The average Bonchev–Trinajstić information content (AvgIpc) is 2.55. The summed E-state index contributed by atoms with van der Waals surface area (Å²) in [4.78, 5) is 23.9. The summed E-state index contributed by atoms with van der Waals surface area (Å²) in [5.41, 5.74) is -2.16. The Labute approximate surface area is 109 Å². The molecule has 1 aliphatic heterocycles. The maximum Gasteiger partial charge on any atom is 0.411 e. The van der Waals surface area contributed by atoms with Gasteiger partial charge in [0.1, 0.15) is 11.6 Å². The van der Waals surface area contributed by atoms with E-state index in [-0.39, 0.29) is 19.4 Å². The van der Waals surface area contributed by atoms with Gasteiger partial charge in [-0.25, -0.2) is 18.4 Å². The first-order chi connectivity index (χ1) is 8.47. The molecule has 1 saturated heterocycles. The number of alkyl halides is 2. The molecule has 2 aliphatic rings. The third-order valence-corrected chi connectivity index (χ3v) is 3.56. The molecule has 1 heterocycles. The molecular formula is C12H17F2NO4. The van der Waals surface area contributed by atoms with Crippen molar-refractivity contribution in [1.29, 1.82) is 0 Å². The Morgan fingerprint density at radius 3 is 2.26 bits per heavy atom. The van der Waals surface area contributed by atoms with Gasteiger partial charge in [-0.2, -0.15) is 0 Å². The Balaban J connectivity index is 2.15. The molecular weight excluding hydrogens is 260 g/mol. The quantitative estimate of drug-likeness (QED) is 0.797. The van der Waals surface area contributed by atoms with Gasteiger partial charge in [-0.1, -0.05) is 0 Å². The molecule has 19 heavy (non-hydrogen) atoms. The maximum absolute atomic E-state index is 13.3. The van der Waals surface area contributed by atoms with Crippen LogP contribution in [0.2, 0.25) is 0 Å². The summed E-state index contributed by atoms with van der Waals surface area (Å²) < 4.78 is 31.7. The number of carbonyl (C=O) groups excluding carboxylic acids is 1. The number of carboxylic acids is 1. The molecule has 0 aromatic rings. The van der Waals surface area contributed by atoms with Crippen molar-refractivity contribution in [3.63, 3.8) is 0 Å². The number of nitrogens with zero attached hydrogens (tertiary/aromatic N) is 1. The summed E-state index contributed by atoms with van der Waals surface area (Å²) in [7, 11) is 0. The molecule has 0 aromatic carbocycles. The van der Waals surface area contributed by atoms with Crippen molar-refractivity contribution in [2.24, 2.45) is 5.41 Å². The van der Waals surface area contributed by atoms with Crippen LogP contribution in [0.4, 0.5) is 13.6 Å². The van der Waals surface area contributed by atoms with Gasteiger partial charge < -0.3 is 9.84 Å². The first kappa shape index (κ1) is 14.0. The van der Waals surface area contributed by atoms with Gasteiger partial charge in [0.25, 0.3) is 5.92 Å². The number of carbonyl (C=O) groups is 2. The molecule has 1 N–H and O–H groups in total. The topological polar surface area (TPSA) is 66.8 Å². The molecule has 1 spiro atoms. The fourth-order valence-corrected chi connectivity index (χ4v) is 2.49. The Kier molecular flexibility index (Phi) is 2.80. The summed E-state index contributed by atoms with van der Waals surface area (Å²) in [5.74, 6) is -4.15. The molecule has 1 amide bonds. The minimum absolute atomic E-state index is 0.214. The zero-order chi connectivity index (χ0) is 14.6. The van der Waals surface area contributed by atoms with Crippen molar-refractivity contribution >= 4 is 12.1 Å². The number of amides is 1. The van der Waals surface area contributed by atoms with Crippen LogP contribution in [0.3, 0.4) is 0 Å². The summed E-state index contributed by atoms with van der Waals surface area (Å²) in [6, 6.07) is -1.23. The minimum atomic E-state index is -2.88. The monoisotopic (exact) mass is 277 g/mol. The Morgan fingerprint density at radius 1 is 1.37 bits per heavy atom. The second-order valence-corrected chi connectivity index (χ2v) is 6.33. The Hall–Kier alpha value is -1.40. The average molecular weight is 277 g/mol. The second kappa shape index (κ2) is 3.80. The van der Waals surface area contributed by atoms with Crippen molar-refractivity contribution in [3.05, 3.63) is 0 Å². The van der Waals surface area contributed by atoms with Crippen molar-refractivity contribution in [2.45, 2.75) is 51.2 Å². The highest BCUT2D eigenvalue weighted by Gasteiger charge is 2.75. The van der Waals surface area contributed by atoms with Crippen molar-refractivity contribution in [1.82, 2.24) is 4.90 Å². The molecule has 1 aliphatic carbocycles. The van der Waals surface area contributed by atoms with Crippen LogP contribution in [0.5, 0.6) is 0 Å². The van der Waals surface area contributed by atoms with Gasteiger partial charge in [0.2, 0.25) is 0 Å². The van der Waals surface area contributed by atoms with E-state index in [0.29, 0.717) is 0 Å². The lowest BCUT2D eigenvalue weighted by molar-refractivity contribution is -0.142. The molecule has 2 atom stereocenters. The van der Waals surface area contributed by atoms with Crippen molar-refractivity contribution in [2.75, 3.05) is 6.54 Å². The summed E-state index contributed by atoms with van der Waals surface area (Å²) in [6.07, 6.45) is -1.42. The summed E-state index contributed by atoms with van der Waals surface area (Å²) in [5, 5.41) is 9.07. The first-order valence-corrected chi connectivity index (χ1v) is 6.08. The second-order valence-electron chi connectivity index (χ2n) is 6.33. The molecule has 5 nitrogen and oxygen atoms in total. The third-order valence-electron chi connectivity index (χ3n) is 3.56. The third kappa shape index (κ3) is 2.37. The Morgan fingerprint density at radius 2 is 1.89 bits per heavy atom. The number of hydrogen-bond acceptors (Lipinski definition) is 3. The van der Waals surface area contributed by atoms with Crippen molar-refractivity contribution < 1.29 is 28.2 Å². The van der Waals surface area contributed by atoms with Crippen LogP contribution in [0, 0.1) is 5.41 Å². The smallest absolute Gasteiger partial charge is 0.411 e.